The molecule has 2 atom stereocenters. The van der Waals surface area contributed by atoms with Gasteiger partial charge < -0.3 is 4.98 Å². The molecule has 0 spiro atoms. The predicted molar refractivity (Wildman–Crippen MR) is 101 cm³/mol. The highest BCUT2D eigenvalue weighted by molar-refractivity contribution is 5.85. The molecular formula is C22H23N3. The Morgan fingerprint density at radius 1 is 1.16 bits per heavy atom. The summed E-state index contributed by atoms with van der Waals surface area (Å²) in [5, 5.41) is 10.4. The Morgan fingerprint density at radius 2 is 2.00 bits per heavy atom. The van der Waals surface area contributed by atoms with Crippen LogP contribution in [-0.2, 0) is 6.54 Å². The first-order valence-corrected chi connectivity index (χ1v) is 9.00. The Bertz CT molecular complexity index is 904. The van der Waals surface area contributed by atoms with Gasteiger partial charge in [-0.15, -0.1) is 0 Å². The average Bonchev–Trinajstić information content (AvgIpc) is 3.28. The fraction of sp³-hybridized carbons (Fsp3) is 0.318. The number of aromatic amines is 1. The van der Waals surface area contributed by atoms with Crippen LogP contribution in [0.25, 0.3) is 10.9 Å². The summed E-state index contributed by atoms with van der Waals surface area (Å²) >= 11 is 0. The molecule has 1 fully saturated rings. The van der Waals surface area contributed by atoms with Gasteiger partial charge in [0.2, 0.25) is 0 Å². The molecule has 0 bridgehead atoms. The van der Waals surface area contributed by atoms with Crippen molar-refractivity contribution in [1.29, 1.82) is 5.26 Å². The lowest BCUT2D eigenvalue weighted by Gasteiger charge is -2.24. The fourth-order valence-corrected chi connectivity index (χ4v) is 4.19. The van der Waals surface area contributed by atoms with E-state index in [9.17, 15) is 5.26 Å². The molecule has 3 heteroatoms. The summed E-state index contributed by atoms with van der Waals surface area (Å²) in [6, 6.07) is 19.5. The highest BCUT2D eigenvalue weighted by Crippen LogP contribution is 2.40. The van der Waals surface area contributed by atoms with Crippen molar-refractivity contribution in [2.24, 2.45) is 0 Å². The molecule has 2 aromatic carbocycles. The standard InChI is InChI=1S/C22H23N3/c1-25(15-16-5-3-2-4-6-16)19-9-8-18(12-19)21-14-24-22-10-7-17(13-23)11-20(21)22/h2-7,10-11,14,18-19,24H,8-9,12,15H2,1H3/t18-,19?/m0/s1. The maximum absolute atomic E-state index is 9.18. The molecular weight excluding hydrogens is 306 g/mol. The lowest BCUT2D eigenvalue weighted by molar-refractivity contribution is 0.235. The molecule has 126 valence electrons. The van der Waals surface area contributed by atoms with Crippen LogP contribution in [0.1, 0.15) is 41.9 Å². The second-order valence-corrected chi connectivity index (χ2v) is 7.18. The third-order valence-electron chi connectivity index (χ3n) is 5.59. The smallest absolute Gasteiger partial charge is 0.0991 e. The Hall–Kier alpha value is -2.57. The SMILES string of the molecule is CN(Cc1ccccc1)C1CC[C@H](c2c[nH]c3ccc(C#N)cc23)C1. The fourth-order valence-electron chi connectivity index (χ4n) is 4.19. The van der Waals surface area contributed by atoms with Crippen molar-refractivity contribution in [3.8, 4) is 6.07 Å². The third kappa shape index (κ3) is 3.18. The zero-order valence-electron chi connectivity index (χ0n) is 14.6. The number of nitrogens with zero attached hydrogens (tertiary/aromatic N) is 2. The number of rotatable bonds is 4. The quantitative estimate of drug-likeness (QED) is 0.746. The van der Waals surface area contributed by atoms with E-state index in [4.69, 9.17) is 0 Å². The first-order valence-electron chi connectivity index (χ1n) is 9.00. The summed E-state index contributed by atoms with van der Waals surface area (Å²) in [4.78, 5) is 5.87. The van der Waals surface area contributed by atoms with Crippen LogP contribution in [-0.4, -0.2) is 23.0 Å². The maximum Gasteiger partial charge on any atom is 0.0991 e. The molecule has 1 unspecified atom stereocenters. The van der Waals surface area contributed by atoms with E-state index in [1.54, 1.807) is 0 Å². The van der Waals surface area contributed by atoms with Gasteiger partial charge in [0.15, 0.2) is 0 Å². The predicted octanol–water partition coefficient (Wildman–Crippen LogP) is 4.81. The minimum absolute atomic E-state index is 0.575. The van der Waals surface area contributed by atoms with E-state index >= 15 is 0 Å². The molecule has 0 saturated heterocycles. The average molecular weight is 329 g/mol. The summed E-state index contributed by atoms with van der Waals surface area (Å²) in [5.74, 6) is 0.575. The summed E-state index contributed by atoms with van der Waals surface area (Å²) in [5.41, 5.74) is 4.63. The molecule has 4 rings (SSSR count). The number of benzene rings is 2. The number of hydrogen-bond donors (Lipinski definition) is 1. The van der Waals surface area contributed by atoms with Crippen molar-refractivity contribution in [3.05, 3.63) is 71.4 Å². The van der Waals surface area contributed by atoms with E-state index in [1.807, 2.05) is 18.2 Å². The number of fused-ring (bicyclic) bond motifs is 1. The molecule has 1 aliphatic rings. The van der Waals surface area contributed by atoms with Crippen LogP contribution in [0.2, 0.25) is 0 Å². The molecule has 1 saturated carbocycles. The minimum Gasteiger partial charge on any atom is -0.361 e. The largest absolute Gasteiger partial charge is 0.361 e. The number of H-pyrrole nitrogens is 1. The van der Waals surface area contributed by atoms with Gasteiger partial charge in [0.1, 0.15) is 0 Å². The second kappa shape index (κ2) is 6.74. The summed E-state index contributed by atoms with van der Waals surface area (Å²) in [6.07, 6.45) is 5.79. The molecule has 1 N–H and O–H groups in total. The van der Waals surface area contributed by atoms with E-state index in [-0.39, 0.29) is 0 Å². The Kier molecular flexibility index (Phi) is 4.29. The van der Waals surface area contributed by atoms with Crippen LogP contribution in [0.5, 0.6) is 0 Å². The number of aromatic nitrogens is 1. The van der Waals surface area contributed by atoms with Crippen LogP contribution in [0, 0.1) is 11.3 Å². The van der Waals surface area contributed by atoms with Crippen molar-refractivity contribution in [2.75, 3.05) is 7.05 Å². The topological polar surface area (TPSA) is 42.8 Å². The molecule has 1 heterocycles. The Morgan fingerprint density at radius 3 is 2.80 bits per heavy atom. The van der Waals surface area contributed by atoms with Crippen LogP contribution >= 0.6 is 0 Å². The second-order valence-electron chi connectivity index (χ2n) is 7.18. The normalized spacial score (nSPS) is 20.2. The van der Waals surface area contributed by atoms with E-state index in [0.29, 0.717) is 12.0 Å². The van der Waals surface area contributed by atoms with Crippen LogP contribution in [0.4, 0.5) is 0 Å². The molecule has 1 aliphatic carbocycles. The molecule has 3 nitrogen and oxygen atoms in total. The molecule has 0 aliphatic heterocycles. The highest BCUT2D eigenvalue weighted by atomic mass is 15.1. The first-order chi connectivity index (χ1) is 12.2. The molecule has 3 aromatic rings. The summed E-state index contributed by atoms with van der Waals surface area (Å²) in [7, 11) is 2.24. The van der Waals surface area contributed by atoms with E-state index in [0.717, 1.165) is 17.6 Å². The number of nitrogens with one attached hydrogen (secondary N) is 1. The molecule has 0 amide bonds. The first kappa shape index (κ1) is 15.9. The zero-order chi connectivity index (χ0) is 17.2. The monoisotopic (exact) mass is 329 g/mol. The lowest BCUT2D eigenvalue weighted by atomic mass is 9.96. The van der Waals surface area contributed by atoms with Gasteiger partial charge in [-0.3, -0.25) is 4.90 Å². The van der Waals surface area contributed by atoms with Crippen molar-refractivity contribution in [2.45, 2.75) is 37.8 Å². The van der Waals surface area contributed by atoms with Crippen molar-refractivity contribution in [1.82, 2.24) is 9.88 Å². The Labute approximate surface area is 148 Å². The zero-order valence-corrected chi connectivity index (χ0v) is 14.6. The lowest BCUT2D eigenvalue weighted by Crippen LogP contribution is -2.28. The minimum atomic E-state index is 0.575. The van der Waals surface area contributed by atoms with E-state index in [2.05, 4.69) is 59.5 Å². The van der Waals surface area contributed by atoms with Gasteiger partial charge in [-0.1, -0.05) is 30.3 Å². The van der Waals surface area contributed by atoms with E-state index < -0.39 is 0 Å². The van der Waals surface area contributed by atoms with E-state index in [1.165, 1.54) is 35.8 Å². The van der Waals surface area contributed by atoms with Crippen molar-refractivity contribution in [3.63, 3.8) is 0 Å². The van der Waals surface area contributed by atoms with Gasteiger partial charge in [-0.25, -0.2) is 0 Å². The van der Waals surface area contributed by atoms with Gasteiger partial charge in [0.25, 0.3) is 0 Å². The summed E-state index contributed by atoms with van der Waals surface area (Å²) < 4.78 is 0. The third-order valence-corrected chi connectivity index (χ3v) is 5.59. The molecule has 0 radical (unpaired) electrons. The van der Waals surface area contributed by atoms with Gasteiger partial charge >= 0.3 is 0 Å². The van der Waals surface area contributed by atoms with Crippen LogP contribution in [0.3, 0.4) is 0 Å². The molecule has 25 heavy (non-hydrogen) atoms. The number of hydrogen-bond acceptors (Lipinski definition) is 2. The molecule has 1 aromatic heterocycles. The van der Waals surface area contributed by atoms with Crippen LogP contribution < -0.4 is 0 Å². The Balaban J connectivity index is 1.50. The highest BCUT2D eigenvalue weighted by Gasteiger charge is 2.30. The van der Waals surface area contributed by atoms with Gasteiger partial charge in [-0.05, 0) is 61.6 Å². The summed E-state index contributed by atoms with van der Waals surface area (Å²) in [6.45, 7) is 1.00. The van der Waals surface area contributed by atoms with Crippen molar-refractivity contribution < 1.29 is 0 Å². The van der Waals surface area contributed by atoms with Gasteiger partial charge in [0.05, 0.1) is 11.6 Å². The van der Waals surface area contributed by atoms with Gasteiger partial charge in [0, 0.05) is 29.7 Å². The van der Waals surface area contributed by atoms with Crippen molar-refractivity contribution >= 4 is 10.9 Å². The van der Waals surface area contributed by atoms with Crippen LogP contribution in [0.15, 0.2) is 54.7 Å². The maximum atomic E-state index is 9.18. The van der Waals surface area contributed by atoms with Gasteiger partial charge in [-0.2, -0.15) is 5.26 Å². The number of nitriles is 1.